The molecule has 0 fully saturated rings. The summed E-state index contributed by atoms with van der Waals surface area (Å²) < 4.78 is 0. The first kappa shape index (κ1) is 15.3. The Hall–Kier alpha value is -2.14. The highest BCUT2D eigenvalue weighted by Gasteiger charge is 2.13. The molecule has 0 aliphatic carbocycles. The largest absolute Gasteiger partial charge is 0.409 e. The first-order chi connectivity index (χ1) is 10.0. The van der Waals surface area contributed by atoms with Crippen LogP contribution in [0, 0.1) is 6.92 Å². The smallest absolute Gasteiger partial charge is 0.140 e. The molecule has 112 valence electrons. The summed E-state index contributed by atoms with van der Waals surface area (Å²) in [4.78, 5) is 6.75. The molecule has 0 saturated carbocycles. The standard InChI is InChI=1S/C16H22N4O/c1-11-8-13(14-6-4-5-7-15(14)18-11)10-20(3)12(2)9-16(17)19-21/h4-8,12,21H,9-10H2,1-3H3,(H2,17,19). The number of aryl methyl sites for hydroxylation is 1. The highest BCUT2D eigenvalue weighted by Crippen LogP contribution is 2.20. The van der Waals surface area contributed by atoms with Crippen LogP contribution >= 0.6 is 0 Å². The number of amidine groups is 1. The van der Waals surface area contributed by atoms with Crippen LogP contribution in [0.2, 0.25) is 0 Å². The van der Waals surface area contributed by atoms with Crippen LogP contribution < -0.4 is 5.73 Å². The number of hydrogen-bond donors (Lipinski definition) is 2. The molecule has 2 aromatic rings. The first-order valence-electron chi connectivity index (χ1n) is 7.03. The van der Waals surface area contributed by atoms with E-state index in [1.54, 1.807) is 0 Å². The van der Waals surface area contributed by atoms with Gasteiger partial charge < -0.3 is 10.9 Å². The lowest BCUT2D eigenvalue weighted by Crippen LogP contribution is -2.32. The highest BCUT2D eigenvalue weighted by atomic mass is 16.4. The second kappa shape index (κ2) is 6.54. The van der Waals surface area contributed by atoms with Crippen molar-refractivity contribution in [3.8, 4) is 0 Å². The zero-order valence-electron chi connectivity index (χ0n) is 12.7. The van der Waals surface area contributed by atoms with E-state index in [0.717, 1.165) is 17.8 Å². The zero-order valence-corrected chi connectivity index (χ0v) is 12.7. The minimum atomic E-state index is 0.188. The number of benzene rings is 1. The van der Waals surface area contributed by atoms with Crippen LogP contribution in [0.3, 0.4) is 0 Å². The maximum Gasteiger partial charge on any atom is 0.140 e. The Balaban J connectivity index is 2.23. The lowest BCUT2D eigenvalue weighted by molar-refractivity contribution is 0.251. The topological polar surface area (TPSA) is 74.7 Å². The second-order valence-corrected chi connectivity index (χ2v) is 5.50. The van der Waals surface area contributed by atoms with E-state index in [9.17, 15) is 0 Å². The molecule has 0 radical (unpaired) electrons. The van der Waals surface area contributed by atoms with Gasteiger partial charge in [-0.05, 0) is 38.6 Å². The van der Waals surface area contributed by atoms with Crippen molar-refractivity contribution in [2.75, 3.05) is 7.05 Å². The predicted molar refractivity (Wildman–Crippen MR) is 85.4 cm³/mol. The number of aromatic nitrogens is 1. The molecule has 5 nitrogen and oxygen atoms in total. The Morgan fingerprint density at radius 2 is 2.14 bits per heavy atom. The van der Waals surface area contributed by atoms with Crippen molar-refractivity contribution < 1.29 is 5.21 Å². The molecule has 2 rings (SSSR count). The van der Waals surface area contributed by atoms with Gasteiger partial charge in [0.2, 0.25) is 0 Å². The number of pyridine rings is 1. The van der Waals surface area contributed by atoms with Crippen molar-refractivity contribution in [1.29, 1.82) is 0 Å². The second-order valence-electron chi connectivity index (χ2n) is 5.50. The Morgan fingerprint density at radius 1 is 1.43 bits per heavy atom. The van der Waals surface area contributed by atoms with Crippen molar-refractivity contribution >= 4 is 16.7 Å². The van der Waals surface area contributed by atoms with Crippen LogP contribution in [-0.2, 0) is 6.54 Å². The average Bonchev–Trinajstić information content (AvgIpc) is 2.46. The number of fused-ring (bicyclic) bond motifs is 1. The minimum absolute atomic E-state index is 0.188. The fourth-order valence-corrected chi connectivity index (χ4v) is 2.45. The van der Waals surface area contributed by atoms with Gasteiger partial charge in [0.15, 0.2) is 0 Å². The van der Waals surface area contributed by atoms with Gasteiger partial charge in [-0.15, -0.1) is 0 Å². The molecular weight excluding hydrogens is 264 g/mol. The summed E-state index contributed by atoms with van der Waals surface area (Å²) in [6, 6.07) is 10.5. The summed E-state index contributed by atoms with van der Waals surface area (Å²) >= 11 is 0. The van der Waals surface area contributed by atoms with Crippen molar-refractivity contribution in [3.05, 3.63) is 41.6 Å². The van der Waals surface area contributed by atoms with Crippen LogP contribution in [0.1, 0.15) is 24.6 Å². The maximum absolute atomic E-state index is 8.67. The highest BCUT2D eigenvalue weighted by molar-refractivity contribution is 5.82. The van der Waals surface area contributed by atoms with Gasteiger partial charge in [-0.1, -0.05) is 23.4 Å². The van der Waals surface area contributed by atoms with Gasteiger partial charge in [-0.25, -0.2) is 0 Å². The van der Waals surface area contributed by atoms with Crippen molar-refractivity contribution in [2.45, 2.75) is 32.9 Å². The van der Waals surface area contributed by atoms with E-state index in [1.807, 2.05) is 32.2 Å². The zero-order chi connectivity index (χ0) is 15.4. The summed E-state index contributed by atoms with van der Waals surface area (Å²) in [5.41, 5.74) is 8.86. The molecule has 1 aromatic carbocycles. The normalized spacial score (nSPS) is 13.8. The monoisotopic (exact) mass is 286 g/mol. The first-order valence-corrected chi connectivity index (χ1v) is 7.03. The van der Waals surface area contributed by atoms with Gasteiger partial charge in [-0.3, -0.25) is 9.88 Å². The molecular formula is C16H22N4O. The predicted octanol–water partition coefficient (Wildman–Crippen LogP) is 2.50. The molecule has 3 N–H and O–H groups in total. The molecule has 21 heavy (non-hydrogen) atoms. The lowest BCUT2D eigenvalue weighted by Gasteiger charge is -2.25. The third-order valence-corrected chi connectivity index (χ3v) is 3.74. The van der Waals surface area contributed by atoms with Gasteiger partial charge in [0.05, 0.1) is 5.52 Å². The molecule has 1 heterocycles. The minimum Gasteiger partial charge on any atom is -0.409 e. The van der Waals surface area contributed by atoms with E-state index in [-0.39, 0.29) is 11.9 Å². The van der Waals surface area contributed by atoms with Crippen LogP contribution in [0.25, 0.3) is 10.9 Å². The third kappa shape index (κ3) is 3.70. The summed E-state index contributed by atoms with van der Waals surface area (Å²) in [7, 11) is 2.04. The molecule has 1 aromatic heterocycles. The number of nitrogens with zero attached hydrogens (tertiary/aromatic N) is 3. The average molecular weight is 286 g/mol. The number of hydrogen-bond acceptors (Lipinski definition) is 4. The fourth-order valence-electron chi connectivity index (χ4n) is 2.45. The van der Waals surface area contributed by atoms with Crippen LogP contribution in [0.15, 0.2) is 35.5 Å². The van der Waals surface area contributed by atoms with E-state index >= 15 is 0 Å². The van der Waals surface area contributed by atoms with Crippen molar-refractivity contribution in [2.24, 2.45) is 10.9 Å². The molecule has 1 atom stereocenters. The fraction of sp³-hybridized carbons (Fsp3) is 0.375. The van der Waals surface area contributed by atoms with E-state index in [4.69, 9.17) is 10.9 Å². The van der Waals surface area contributed by atoms with Crippen LogP contribution in [-0.4, -0.2) is 34.0 Å². The Labute approximate surface area is 125 Å². The lowest BCUT2D eigenvalue weighted by atomic mass is 10.1. The van der Waals surface area contributed by atoms with E-state index in [2.05, 4.69) is 34.1 Å². The molecule has 0 saturated heterocycles. The number of oxime groups is 1. The number of nitrogens with two attached hydrogens (primary N) is 1. The van der Waals surface area contributed by atoms with Crippen LogP contribution in [0.5, 0.6) is 0 Å². The maximum atomic E-state index is 8.67. The molecule has 1 unspecified atom stereocenters. The quantitative estimate of drug-likeness (QED) is 0.383. The molecule has 5 heteroatoms. The summed E-state index contributed by atoms with van der Waals surface area (Å²) in [6.45, 7) is 4.87. The summed E-state index contributed by atoms with van der Waals surface area (Å²) in [6.07, 6.45) is 0.537. The SMILES string of the molecule is Cc1cc(CN(C)C(C)CC(N)=NO)c2ccccc2n1. The van der Waals surface area contributed by atoms with E-state index < -0.39 is 0 Å². The van der Waals surface area contributed by atoms with Crippen LogP contribution in [0.4, 0.5) is 0 Å². The molecule has 0 bridgehead atoms. The van der Waals surface area contributed by atoms with Crippen molar-refractivity contribution in [3.63, 3.8) is 0 Å². The number of rotatable bonds is 5. The number of para-hydroxylation sites is 1. The van der Waals surface area contributed by atoms with E-state index in [0.29, 0.717) is 6.42 Å². The van der Waals surface area contributed by atoms with Gasteiger partial charge in [0.1, 0.15) is 5.84 Å². The van der Waals surface area contributed by atoms with Gasteiger partial charge in [0, 0.05) is 30.1 Å². The molecule has 0 spiro atoms. The summed E-state index contributed by atoms with van der Waals surface area (Å²) in [5, 5.41) is 12.9. The van der Waals surface area contributed by atoms with Gasteiger partial charge in [0.25, 0.3) is 0 Å². The van der Waals surface area contributed by atoms with Gasteiger partial charge >= 0.3 is 0 Å². The Bertz CT molecular complexity index is 654. The van der Waals surface area contributed by atoms with Crippen molar-refractivity contribution in [1.82, 2.24) is 9.88 Å². The Kier molecular flexibility index (Phi) is 4.75. The van der Waals surface area contributed by atoms with Gasteiger partial charge in [-0.2, -0.15) is 0 Å². The summed E-state index contributed by atoms with van der Waals surface area (Å²) in [5.74, 6) is 0.255. The Morgan fingerprint density at radius 3 is 2.86 bits per heavy atom. The molecule has 0 aliphatic heterocycles. The van der Waals surface area contributed by atoms with E-state index in [1.165, 1.54) is 10.9 Å². The molecule has 0 amide bonds. The third-order valence-electron chi connectivity index (χ3n) is 3.74. The molecule has 0 aliphatic rings.